The summed E-state index contributed by atoms with van der Waals surface area (Å²) in [6, 6.07) is 11.8. The fourth-order valence-corrected chi connectivity index (χ4v) is 2.63. The molecule has 0 radical (unpaired) electrons. The van der Waals surface area contributed by atoms with Gasteiger partial charge < -0.3 is 4.74 Å². The molecule has 2 aromatic rings. The predicted molar refractivity (Wildman–Crippen MR) is 73.0 cm³/mol. The Morgan fingerprint density at radius 2 is 1.74 bits per heavy atom. The number of benzene rings is 2. The molecule has 0 fully saturated rings. The van der Waals surface area contributed by atoms with E-state index < -0.39 is 10.1 Å². The molecular weight excluding hydrogens is 264 g/mol. The molecule has 2 rings (SSSR count). The van der Waals surface area contributed by atoms with Gasteiger partial charge >= 0.3 is 0 Å². The van der Waals surface area contributed by atoms with Crippen LogP contribution >= 0.6 is 0 Å². The molecule has 0 unspecified atom stereocenters. The van der Waals surface area contributed by atoms with Crippen molar-refractivity contribution in [2.45, 2.75) is 11.8 Å². The molecule has 0 heterocycles. The van der Waals surface area contributed by atoms with Crippen LogP contribution in [0.4, 0.5) is 0 Å². The first kappa shape index (κ1) is 13.6. The Kier molecular flexibility index (Phi) is 3.59. The molecule has 0 aliphatic carbocycles. The van der Waals surface area contributed by atoms with Gasteiger partial charge in [0.2, 0.25) is 0 Å². The first-order chi connectivity index (χ1) is 8.93. The summed E-state index contributed by atoms with van der Waals surface area (Å²) in [5.74, 6) is 0.533. The third-order valence-corrected chi connectivity index (χ3v) is 3.81. The largest absolute Gasteiger partial charge is 0.497 e. The average Bonchev–Trinajstić information content (AvgIpc) is 2.37. The van der Waals surface area contributed by atoms with E-state index in [2.05, 4.69) is 0 Å². The molecule has 19 heavy (non-hydrogen) atoms. The lowest BCUT2D eigenvalue weighted by atomic mass is 10.0. The SMILES string of the molecule is COc1ccc(S(=O)(=O)O)c(-c2ccccc2C)c1. The maximum Gasteiger partial charge on any atom is 0.295 e. The number of methoxy groups -OCH3 is 1. The van der Waals surface area contributed by atoms with E-state index in [1.807, 2.05) is 25.1 Å². The standard InChI is InChI=1S/C14H14O4S/c1-10-5-3-4-6-12(10)13-9-11(18-2)7-8-14(13)19(15,16)17/h3-9H,1-2H3,(H,15,16,17). The van der Waals surface area contributed by atoms with Crippen molar-refractivity contribution >= 4 is 10.1 Å². The topological polar surface area (TPSA) is 63.6 Å². The first-order valence-corrected chi connectivity index (χ1v) is 7.09. The lowest BCUT2D eigenvalue weighted by Gasteiger charge is -2.11. The average molecular weight is 278 g/mol. The Balaban J connectivity index is 2.77. The van der Waals surface area contributed by atoms with Gasteiger partial charge in [0.05, 0.1) is 7.11 Å². The minimum absolute atomic E-state index is 0.123. The molecule has 0 saturated heterocycles. The lowest BCUT2D eigenvalue weighted by molar-refractivity contribution is 0.414. The van der Waals surface area contributed by atoms with Crippen molar-refractivity contribution in [3.05, 3.63) is 48.0 Å². The van der Waals surface area contributed by atoms with Crippen molar-refractivity contribution in [3.63, 3.8) is 0 Å². The summed E-state index contributed by atoms with van der Waals surface area (Å²) in [6.45, 7) is 1.88. The van der Waals surface area contributed by atoms with Crippen LogP contribution in [-0.4, -0.2) is 20.1 Å². The zero-order valence-corrected chi connectivity index (χ0v) is 11.4. The fraction of sp³-hybridized carbons (Fsp3) is 0.143. The highest BCUT2D eigenvalue weighted by molar-refractivity contribution is 7.86. The summed E-state index contributed by atoms with van der Waals surface area (Å²) in [4.78, 5) is -0.123. The highest BCUT2D eigenvalue weighted by Gasteiger charge is 2.18. The van der Waals surface area contributed by atoms with Crippen LogP contribution in [0.2, 0.25) is 0 Å². The highest BCUT2D eigenvalue weighted by Crippen LogP contribution is 2.32. The summed E-state index contributed by atoms with van der Waals surface area (Å²) in [6.07, 6.45) is 0. The summed E-state index contributed by atoms with van der Waals surface area (Å²) < 4.78 is 37.3. The van der Waals surface area contributed by atoms with Gasteiger partial charge in [-0.25, -0.2) is 0 Å². The molecular formula is C14H14O4S. The van der Waals surface area contributed by atoms with Gasteiger partial charge in [-0.2, -0.15) is 8.42 Å². The summed E-state index contributed by atoms with van der Waals surface area (Å²) in [5, 5.41) is 0. The zero-order valence-electron chi connectivity index (χ0n) is 10.6. The predicted octanol–water partition coefficient (Wildman–Crippen LogP) is 2.92. The van der Waals surface area contributed by atoms with Crippen molar-refractivity contribution in [1.29, 1.82) is 0 Å². The van der Waals surface area contributed by atoms with E-state index in [1.54, 1.807) is 12.1 Å². The number of aryl methyl sites for hydroxylation is 1. The number of hydrogen-bond donors (Lipinski definition) is 1. The summed E-state index contributed by atoms with van der Waals surface area (Å²) in [7, 11) is -2.77. The van der Waals surface area contributed by atoms with Gasteiger partial charge in [0.15, 0.2) is 0 Å². The molecule has 0 spiro atoms. The lowest BCUT2D eigenvalue weighted by Crippen LogP contribution is -2.02. The van der Waals surface area contributed by atoms with E-state index in [-0.39, 0.29) is 4.90 Å². The minimum Gasteiger partial charge on any atom is -0.497 e. The smallest absolute Gasteiger partial charge is 0.295 e. The second-order valence-electron chi connectivity index (χ2n) is 4.15. The van der Waals surface area contributed by atoms with Gasteiger partial charge in [0.25, 0.3) is 10.1 Å². The van der Waals surface area contributed by atoms with Crippen molar-refractivity contribution in [3.8, 4) is 16.9 Å². The Morgan fingerprint density at radius 1 is 1.05 bits per heavy atom. The van der Waals surface area contributed by atoms with E-state index in [4.69, 9.17) is 4.74 Å². The van der Waals surface area contributed by atoms with Crippen molar-refractivity contribution in [2.24, 2.45) is 0 Å². The van der Waals surface area contributed by atoms with Crippen LogP contribution in [0.25, 0.3) is 11.1 Å². The van der Waals surface area contributed by atoms with Gasteiger partial charge in [-0.3, -0.25) is 4.55 Å². The summed E-state index contributed by atoms with van der Waals surface area (Å²) >= 11 is 0. The van der Waals surface area contributed by atoms with Crippen LogP contribution < -0.4 is 4.74 Å². The molecule has 5 heteroatoms. The second kappa shape index (κ2) is 5.03. The van der Waals surface area contributed by atoms with E-state index in [0.29, 0.717) is 11.3 Å². The molecule has 2 aromatic carbocycles. The summed E-state index contributed by atoms with van der Waals surface area (Å²) in [5.41, 5.74) is 2.09. The van der Waals surface area contributed by atoms with Crippen LogP contribution in [-0.2, 0) is 10.1 Å². The quantitative estimate of drug-likeness (QED) is 0.877. The number of ether oxygens (including phenoxy) is 1. The van der Waals surface area contributed by atoms with Crippen LogP contribution in [0.1, 0.15) is 5.56 Å². The van der Waals surface area contributed by atoms with E-state index in [1.165, 1.54) is 19.2 Å². The first-order valence-electron chi connectivity index (χ1n) is 5.65. The van der Waals surface area contributed by atoms with Crippen LogP contribution in [0.3, 0.4) is 0 Å². The highest BCUT2D eigenvalue weighted by atomic mass is 32.2. The maximum absolute atomic E-state index is 11.5. The zero-order chi connectivity index (χ0) is 14.0. The van der Waals surface area contributed by atoms with Crippen LogP contribution in [0.5, 0.6) is 5.75 Å². The molecule has 0 aromatic heterocycles. The fourth-order valence-electron chi connectivity index (χ4n) is 1.95. The molecule has 100 valence electrons. The van der Waals surface area contributed by atoms with Crippen molar-refractivity contribution in [1.82, 2.24) is 0 Å². The van der Waals surface area contributed by atoms with Crippen molar-refractivity contribution < 1.29 is 17.7 Å². The number of rotatable bonds is 3. The third-order valence-electron chi connectivity index (χ3n) is 2.90. The Bertz CT molecular complexity index is 705. The van der Waals surface area contributed by atoms with Crippen LogP contribution in [0.15, 0.2) is 47.4 Å². The third kappa shape index (κ3) is 2.77. The van der Waals surface area contributed by atoms with Gasteiger partial charge in [-0.1, -0.05) is 24.3 Å². The second-order valence-corrected chi connectivity index (χ2v) is 5.54. The molecule has 0 aliphatic rings. The van der Waals surface area contributed by atoms with Gasteiger partial charge in [0, 0.05) is 5.56 Å². The number of hydrogen-bond acceptors (Lipinski definition) is 3. The Labute approximate surface area is 112 Å². The monoisotopic (exact) mass is 278 g/mol. The van der Waals surface area contributed by atoms with E-state index in [0.717, 1.165) is 11.1 Å². The molecule has 0 bridgehead atoms. The van der Waals surface area contributed by atoms with Gasteiger partial charge in [0.1, 0.15) is 10.6 Å². The molecule has 0 aliphatic heterocycles. The molecule has 0 saturated carbocycles. The normalized spacial score (nSPS) is 11.3. The van der Waals surface area contributed by atoms with Crippen molar-refractivity contribution in [2.75, 3.05) is 7.11 Å². The molecule has 0 amide bonds. The van der Waals surface area contributed by atoms with E-state index >= 15 is 0 Å². The Hall–Kier alpha value is -1.85. The molecule has 0 atom stereocenters. The van der Waals surface area contributed by atoms with Crippen LogP contribution in [0, 0.1) is 6.92 Å². The maximum atomic E-state index is 11.5. The molecule has 4 nitrogen and oxygen atoms in total. The van der Waals surface area contributed by atoms with E-state index in [9.17, 15) is 13.0 Å². The molecule has 1 N–H and O–H groups in total. The van der Waals surface area contributed by atoms with Gasteiger partial charge in [-0.15, -0.1) is 0 Å². The van der Waals surface area contributed by atoms with Gasteiger partial charge in [-0.05, 0) is 36.2 Å². The minimum atomic E-state index is -4.28. The Morgan fingerprint density at radius 3 is 2.32 bits per heavy atom.